The quantitative estimate of drug-likeness (QED) is 0.399. The van der Waals surface area contributed by atoms with E-state index < -0.39 is 0 Å². The smallest absolute Gasteiger partial charge is 0.229 e. The summed E-state index contributed by atoms with van der Waals surface area (Å²) in [6, 6.07) is 0. The van der Waals surface area contributed by atoms with Crippen LogP contribution in [0.25, 0.3) is 0 Å². The number of carbonyl (C=O) groups excluding carboxylic acids is 1. The van der Waals surface area contributed by atoms with Crippen molar-refractivity contribution in [2.45, 2.75) is 19.3 Å². The van der Waals surface area contributed by atoms with E-state index in [9.17, 15) is 4.79 Å². The molecule has 3 N–H and O–H groups in total. The van der Waals surface area contributed by atoms with Crippen molar-refractivity contribution in [3.8, 4) is 0 Å². The Bertz CT molecular complexity index is 109. The zero-order valence-electron chi connectivity index (χ0n) is 6.68. The first kappa shape index (κ1) is 10.8. The summed E-state index contributed by atoms with van der Waals surface area (Å²) in [6.45, 7) is 1.49. The summed E-state index contributed by atoms with van der Waals surface area (Å²) < 4.78 is 0. The largest absolute Gasteiger partial charge is 0.355 e. The van der Waals surface area contributed by atoms with Gasteiger partial charge in [0, 0.05) is 6.54 Å². The van der Waals surface area contributed by atoms with Gasteiger partial charge >= 0.3 is 0 Å². The molecule has 0 aliphatic carbocycles. The van der Waals surface area contributed by atoms with Crippen molar-refractivity contribution >= 4 is 18.5 Å². The Hall–Kier alpha value is -0.220. The lowest BCUT2D eigenvalue weighted by atomic mass is 10.2. The Kier molecular flexibility index (Phi) is 7.72. The lowest BCUT2D eigenvalue weighted by molar-refractivity contribution is -0.118. The fourth-order valence-corrected chi connectivity index (χ4v) is 0.842. The fourth-order valence-electron chi connectivity index (χ4n) is 0.730. The minimum atomic E-state index is 0.00100. The average Bonchev–Trinajstić information content (AvgIpc) is 2.04. The van der Waals surface area contributed by atoms with Crippen LogP contribution in [0.15, 0.2) is 0 Å². The van der Waals surface area contributed by atoms with E-state index in [4.69, 9.17) is 5.73 Å². The molecule has 3 nitrogen and oxygen atoms in total. The number of thiol groups is 1. The molecule has 0 saturated carbocycles. The lowest BCUT2D eigenvalue weighted by Crippen LogP contribution is -2.25. The van der Waals surface area contributed by atoms with Crippen molar-refractivity contribution in [1.82, 2.24) is 5.32 Å². The Balaban J connectivity index is 2.95. The van der Waals surface area contributed by atoms with Crippen LogP contribution in [-0.2, 0) is 4.79 Å². The van der Waals surface area contributed by atoms with Crippen molar-refractivity contribution in [2.24, 2.45) is 5.73 Å². The highest BCUT2D eigenvalue weighted by Gasteiger charge is 1.94. The zero-order valence-corrected chi connectivity index (χ0v) is 7.57. The molecule has 0 aliphatic heterocycles. The molecule has 0 aromatic rings. The number of nitrogens with two attached hydrogens (primary N) is 1. The molecule has 4 heteroatoms. The summed E-state index contributed by atoms with van der Waals surface area (Å²) in [4.78, 5) is 10.6. The van der Waals surface area contributed by atoms with Gasteiger partial charge in [-0.05, 0) is 19.4 Å². The monoisotopic (exact) mass is 176 g/mol. The summed E-state index contributed by atoms with van der Waals surface area (Å²) in [5.41, 5.74) is 5.30. The molecule has 0 saturated heterocycles. The molecule has 0 aliphatic rings. The van der Waals surface area contributed by atoms with Crippen LogP contribution in [0.1, 0.15) is 19.3 Å². The lowest BCUT2D eigenvalue weighted by Gasteiger charge is -2.01. The van der Waals surface area contributed by atoms with E-state index in [1.54, 1.807) is 0 Å². The molecule has 0 radical (unpaired) electrons. The zero-order chi connectivity index (χ0) is 8.53. The molecule has 0 spiro atoms. The van der Waals surface area contributed by atoms with Gasteiger partial charge in [-0.25, -0.2) is 0 Å². The molecule has 0 heterocycles. The van der Waals surface area contributed by atoms with Crippen LogP contribution < -0.4 is 11.1 Å². The second-order valence-electron chi connectivity index (χ2n) is 2.36. The summed E-state index contributed by atoms with van der Waals surface area (Å²) in [5, 5.41) is 2.74. The molecule has 1 amide bonds. The standard InChI is InChI=1S/C7H16N2OS/c8-4-2-1-3-5-9-7(10)6-11/h11H,1-6,8H2,(H,9,10). The van der Waals surface area contributed by atoms with Gasteiger partial charge in [0.1, 0.15) is 0 Å². The van der Waals surface area contributed by atoms with Crippen molar-refractivity contribution in [3.05, 3.63) is 0 Å². The minimum Gasteiger partial charge on any atom is -0.355 e. The topological polar surface area (TPSA) is 55.1 Å². The number of amides is 1. The number of unbranched alkanes of at least 4 members (excludes halogenated alkanes) is 2. The average molecular weight is 176 g/mol. The van der Waals surface area contributed by atoms with Crippen LogP contribution in [0.2, 0.25) is 0 Å². The van der Waals surface area contributed by atoms with E-state index in [0.29, 0.717) is 0 Å². The molecule has 11 heavy (non-hydrogen) atoms. The number of hydrogen-bond donors (Lipinski definition) is 3. The van der Waals surface area contributed by atoms with Crippen LogP contribution >= 0.6 is 12.6 Å². The van der Waals surface area contributed by atoms with Gasteiger partial charge in [-0.3, -0.25) is 4.79 Å². The minimum absolute atomic E-state index is 0.00100. The molecular weight excluding hydrogens is 160 g/mol. The van der Waals surface area contributed by atoms with E-state index in [1.807, 2.05) is 0 Å². The first-order valence-corrected chi connectivity index (χ1v) is 4.52. The third-order valence-corrected chi connectivity index (χ3v) is 1.63. The van der Waals surface area contributed by atoms with Gasteiger partial charge in [-0.1, -0.05) is 6.42 Å². The second-order valence-corrected chi connectivity index (χ2v) is 2.67. The van der Waals surface area contributed by atoms with E-state index in [-0.39, 0.29) is 11.7 Å². The van der Waals surface area contributed by atoms with Gasteiger partial charge in [0.2, 0.25) is 5.91 Å². The SMILES string of the molecule is NCCCCCNC(=O)CS. The van der Waals surface area contributed by atoms with E-state index in [2.05, 4.69) is 17.9 Å². The van der Waals surface area contributed by atoms with Gasteiger partial charge in [0.15, 0.2) is 0 Å². The molecule has 0 rings (SSSR count). The van der Waals surface area contributed by atoms with Crippen LogP contribution in [0.4, 0.5) is 0 Å². The van der Waals surface area contributed by atoms with Crippen molar-refractivity contribution in [2.75, 3.05) is 18.8 Å². The van der Waals surface area contributed by atoms with Crippen LogP contribution in [0.5, 0.6) is 0 Å². The van der Waals surface area contributed by atoms with E-state index in [0.717, 1.165) is 32.4 Å². The highest BCUT2D eigenvalue weighted by Crippen LogP contribution is 1.90. The predicted octanol–water partition coefficient (Wildman–Crippen LogP) is 0.161. The molecule has 0 fully saturated rings. The summed E-state index contributed by atoms with van der Waals surface area (Å²) >= 11 is 3.83. The highest BCUT2D eigenvalue weighted by molar-refractivity contribution is 7.81. The molecule has 0 aromatic heterocycles. The highest BCUT2D eigenvalue weighted by atomic mass is 32.1. The van der Waals surface area contributed by atoms with Gasteiger partial charge in [-0.2, -0.15) is 12.6 Å². The summed E-state index contributed by atoms with van der Waals surface area (Å²) in [7, 11) is 0. The Morgan fingerprint density at radius 3 is 2.64 bits per heavy atom. The van der Waals surface area contributed by atoms with Gasteiger partial charge in [0.25, 0.3) is 0 Å². The fraction of sp³-hybridized carbons (Fsp3) is 0.857. The molecule has 0 aromatic carbocycles. The second kappa shape index (κ2) is 7.88. The Morgan fingerprint density at radius 2 is 2.09 bits per heavy atom. The molecule has 0 atom stereocenters. The number of rotatable bonds is 6. The summed E-state index contributed by atoms with van der Waals surface area (Å²) in [6.07, 6.45) is 3.14. The maximum absolute atomic E-state index is 10.6. The first-order valence-electron chi connectivity index (χ1n) is 3.89. The number of carbonyl (C=O) groups is 1. The molecule has 0 unspecified atom stereocenters. The van der Waals surface area contributed by atoms with Gasteiger partial charge in [-0.15, -0.1) is 0 Å². The molecule has 0 bridgehead atoms. The first-order chi connectivity index (χ1) is 5.31. The molecule has 66 valence electrons. The van der Waals surface area contributed by atoms with Crippen molar-refractivity contribution < 1.29 is 4.79 Å². The molecular formula is C7H16N2OS. The third-order valence-electron chi connectivity index (χ3n) is 1.35. The predicted molar refractivity (Wildman–Crippen MR) is 49.8 cm³/mol. The third kappa shape index (κ3) is 7.68. The van der Waals surface area contributed by atoms with Gasteiger partial charge < -0.3 is 11.1 Å². The van der Waals surface area contributed by atoms with E-state index >= 15 is 0 Å². The van der Waals surface area contributed by atoms with Crippen LogP contribution in [-0.4, -0.2) is 24.7 Å². The van der Waals surface area contributed by atoms with E-state index in [1.165, 1.54) is 0 Å². The van der Waals surface area contributed by atoms with Crippen LogP contribution in [0, 0.1) is 0 Å². The van der Waals surface area contributed by atoms with Crippen LogP contribution in [0.3, 0.4) is 0 Å². The maximum atomic E-state index is 10.6. The normalized spacial score (nSPS) is 9.64. The number of nitrogens with one attached hydrogen (secondary N) is 1. The van der Waals surface area contributed by atoms with Crippen molar-refractivity contribution in [1.29, 1.82) is 0 Å². The number of hydrogen-bond acceptors (Lipinski definition) is 3. The van der Waals surface area contributed by atoms with Gasteiger partial charge in [0.05, 0.1) is 5.75 Å². The summed E-state index contributed by atoms with van der Waals surface area (Å²) in [5.74, 6) is 0.276. The van der Waals surface area contributed by atoms with Crippen molar-refractivity contribution in [3.63, 3.8) is 0 Å². The Morgan fingerprint density at radius 1 is 1.36 bits per heavy atom. The Labute approximate surface area is 73.1 Å². The maximum Gasteiger partial charge on any atom is 0.229 e.